The molecule has 4 nitrogen and oxygen atoms in total. The predicted octanol–water partition coefficient (Wildman–Crippen LogP) is 1.88. The van der Waals surface area contributed by atoms with Gasteiger partial charge in [-0.3, -0.25) is 0 Å². The van der Waals surface area contributed by atoms with Gasteiger partial charge in [0.05, 0.1) is 13.2 Å². The highest BCUT2D eigenvalue weighted by Gasteiger charge is 2.20. The zero-order valence-corrected chi connectivity index (χ0v) is 12.5. The van der Waals surface area contributed by atoms with Crippen LogP contribution >= 0.6 is 0 Å². The van der Waals surface area contributed by atoms with Crippen LogP contribution in [0.3, 0.4) is 0 Å². The van der Waals surface area contributed by atoms with E-state index in [4.69, 9.17) is 15.2 Å². The van der Waals surface area contributed by atoms with Crippen molar-refractivity contribution in [3.63, 3.8) is 0 Å². The minimum atomic E-state index is 0.0444. The molecule has 108 valence electrons. The Hall–Kier alpha value is -1.10. The van der Waals surface area contributed by atoms with Gasteiger partial charge < -0.3 is 20.1 Å². The number of benzene rings is 1. The first-order chi connectivity index (χ1) is 8.95. The molecule has 0 unspecified atom stereocenters. The van der Waals surface area contributed by atoms with Crippen LogP contribution in [0.4, 0.5) is 0 Å². The number of nitrogens with zero attached hydrogens (tertiary/aromatic N) is 1. The molecule has 0 heterocycles. The summed E-state index contributed by atoms with van der Waals surface area (Å²) in [4.78, 5) is 2.15. The molecule has 0 aromatic heterocycles. The van der Waals surface area contributed by atoms with Crippen molar-refractivity contribution >= 4 is 0 Å². The molecule has 1 rings (SSSR count). The van der Waals surface area contributed by atoms with E-state index in [1.54, 1.807) is 0 Å². The highest BCUT2D eigenvalue weighted by molar-refractivity contribution is 5.26. The molecule has 0 aliphatic heterocycles. The van der Waals surface area contributed by atoms with E-state index in [0.29, 0.717) is 26.4 Å². The number of nitrogens with two attached hydrogens (primary N) is 1. The van der Waals surface area contributed by atoms with E-state index in [2.05, 4.69) is 32.8 Å². The first-order valence-electron chi connectivity index (χ1n) is 6.62. The van der Waals surface area contributed by atoms with Crippen LogP contribution in [0.25, 0.3) is 0 Å². The van der Waals surface area contributed by atoms with Crippen LogP contribution in [0, 0.1) is 0 Å². The first-order valence-corrected chi connectivity index (χ1v) is 6.62. The van der Waals surface area contributed by atoms with Gasteiger partial charge in [0, 0.05) is 12.1 Å². The molecule has 19 heavy (non-hydrogen) atoms. The topological polar surface area (TPSA) is 47.7 Å². The Morgan fingerprint density at radius 3 is 2.26 bits per heavy atom. The number of hydrogen-bond acceptors (Lipinski definition) is 4. The van der Waals surface area contributed by atoms with Crippen LogP contribution in [0.15, 0.2) is 24.3 Å². The van der Waals surface area contributed by atoms with E-state index in [-0.39, 0.29) is 5.54 Å². The lowest BCUT2D eigenvalue weighted by molar-refractivity contribution is 0.0236. The Morgan fingerprint density at radius 1 is 1.11 bits per heavy atom. The molecule has 0 spiro atoms. The smallest absolute Gasteiger partial charge is 0.119 e. The Balaban J connectivity index is 2.20. The summed E-state index contributed by atoms with van der Waals surface area (Å²) in [6, 6.07) is 7.83. The molecule has 0 aliphatic rings. The molecule has 0 atom stereocenters. The monoisotopic (exact) mass is 266 g/mol. The summed E-state index contributed by atoms with van der Waals surface area (Å²) in [7, 11) is 4.11. The minimum Gasteiger partial charge on any atom is -0.491 e. The Kier molecular flexibility index (Phi) is 6.28. The van der Waals surface area contributed by atoms with E-state index >= 15 is 0 Å². The average Bonchev–Trinajstić information content (AvgIpc) is 2.38. The third-order valence-electron chi connectivity index (χ3n) is 3.32. The maximum Gasteiger partial charge on any atom is 0.119 e. The summed E-state index contributed by atoms with van der Waals surface area (Å²) in [5.41, 5.74) is 6.69. The highest BCUT2D eigenvalue weighted by atomic mass is 16.5. The molecule has 0 amide bonds. The number of rotatable bonds is 8. The fourth-order valence-corrected chi connectivity index (χ4v) is 1.39. The van der Waals surface area contributed by atoms with Gasteiger partial charge >= 0.3 is 0 Å². The predicted molar refractivity (Wildman–Crippen MR) is 78.4 cm³/mol. The summed E-state index contributed by atoms with van der Waals surface area (Å²) in [6.07, 6.45) is 0. The van der Waals surface area contributed by atoms with E-state index < -0.39 is 0 Å². The van der Waals surface area contributed by atoms with Crippen LogP contribution in [0.2, 0.25) is 0 Å². The lowest BCUT2D eigenvalue weighted by atomic mass is 10.1. The van der Waals surface area contributed by atoms with Crippen molar-refractivity contribution in [3.8, 4) is 5.75 Å². The van der Waals surface area contributed by atoms with Crippen molar-refractivity contribution in [2.45, 2.75) is 25.9 Å². The van der Waals surface area contributed by atoms with Gasteiger partial charge in [-0.15, -0.1) is 0 Å². The van der Waals surface area contributed by atoms with Crippen molar-refractivity contribution in [2.75, 3.05) is 33.9 Å². The molecule has 2 N–H and O–H groups in total. The van der Waals surface area contributed by atoms with Crippen molar-refractivity contribution in [1.29, 1.82) is 0 Å². The van der Waals surface area contributed by atoms with Gasteiger partial charge in [-0.1, -0.05) is 12.1 Å². The van der Waals surface area contributed by atoms with Crippen molar-refractivity contribution in [1.82, 2.24) is 4.90 Å². The van der Waals surface area contributed by atoms with Crippen LogP contribution in [0.1, 0.15) is 19.4 Å². The van der Waals surface area contributed by atoms with Crippen molar-refractivity contribution in [3.05, 3.63) is 29.8 Å². The molecule has 0 saturated carbocycles. The number of likely N-dealkylation sites (N-methyl/N-ethyl adjacent to an activating group) is 1. The molecule has 0 bridgehead atoms. The molecular formula is C15H26N2O2. The second-order valence-corrected chi connectivity index (χ2v) is 5.46. The second kappa shape index (κ2) is 7.48. The summed E-state index contributed by atoms with van der Waals surface area (Å²) in [5.74, 6) is 0.854. The highest BCUT2D eigenvalue weighted by Crippen LogP contribution is 2.12. The molecule has 0 fully saturated rings. The first kappa shape index (κ1) is 16.0. The third kappa shape index (κ3) is 5.59. The number of hydrogen-bond donors (Lipinski definition) is 1. The fraction of sp³-hybridized carbons (Fsp3) is 0.600. The molecule has 4 heteroatoms. The zero-order valence-electron chi connectivity index (χ0n) is 12.5. The van der Waals surface area contributed by atoms with Gasteiger partial charge in [0.15, 0.2) is 0 Å². The lowest BCUT2D eigenvalue weighted by Gasteiger charge is -2.32. The van der Waals surface area contributed by atoms with E-state index in [1.807, 2.05) is 24.3 Å². The van der Waals surface area contributed by atoms with E-state index in [0.717, 1.165) is 11.3 Å². The quantitative estimate of drug-likeness (QED) is 0.730. The third-order valence-corrected chi connectivity index (χ3v) is 3.32. The van der Waals surface area contributed by atoms with Gasteiger partial charge in [-0.2, -0.15) is 0 Å². The van der Waals surface area contributed by atoms with Gasteiger partial charge in [0.2, 0.25) is 0 Å². The molecule has 1 aromatic rings. The van der Waals surface area contributed by atoms with Gasteiger partial charge in [-0.05, 0) is 45.6 Å². The Morgan fingerprint density at radius 2 is 1.74 bits per heavy atom. The van der Waals surface area contributed by atoms with Crippen LogP contribution < -0.4 is 10.5 Å². The SMILES string of the molecule is CN(C)C(C)(C)COCCOc1ccc(CN)cc1. The molecule has 0 saturated heterocycles. The van der Waals surface area contributed by atoms with Crippen LogP contribution in [0.5, 0.6) is 5.75 Å². The minimum absolute atomic E-state index is 0.0444. The fourth-order valence-electron chi connectivity index (χ4n) is 1.39. The van der Waals surface area contributed by atoms with Gasteiger partial charge in [0.25, 0.3) is 0 Å². The normalized spacial score (nSPS) is 11.9. The van der Waals surface area contributed by atoms with Crippen molar-refractivity contribution < 1.29 is 9.47 Å². The summed E-state index contributed by atoms with van der Waals surface area (Å²) in [5, 5.41) is 0. The Bertz CT molecular complexity index is 361. The second-order valence-electron chi connectivity index (χ2n) is 5.46. The zero-order chi connectivity index (χ0) is 14.3. The van der Waals surface area contributed by atoms with Crippen LogP contribution in [-0.4, -0.2) is 44.4 Å². The lowest BCUT2D eigenvalue weighted by Crippen LogP contribution is -2.42. The summed E-state index contributed by atoms with van der Waals surface area (Å²) >= 11 is 0. The average molecular weight is 266 g/mol. The van der Waals surface area contributed by atoms with E-state index in [1.165, 1.54) is 0 Å². The van der Waals surface area contributed by atoms with Gasteiger partial charge in [0.1, 0.15) is 12.4 Å². The maximum atomic E-state index is 5.64. The Labute approximate surface area is 116 Å². The van der Waals surface area contributed by atoms with Gasteiger partial charge in [-0.25, -0.2) is 0 Å². The summed E-state index contributed by atoms with van der Waals surface area (Å²) in [6.45, 7) is 6.71. The molecule has 0 aliphatic carbocycles. The maximum absolute atomic E-state index is 5.64. The van der Waals surface area contributed by atoms with Crippen molar-refractivity contribution in [2.24, 2.45) is 5.73 Å². The number of ether oxygens (including phenoxy) is 2. The molecule has 1 aromatic carbocycles. The van der Waals surface area contributed by atoms with Crippen LogP contribution in [-0.2, 0) is 11.3 Å². The molecular weight excluding hydrogens is 240 g/mol. The molecule has 0 radical (unpaired) electrons. The van der Waals surface area contributed by atoms with E-state index in [9.17, 15) is 0 Å². The largest absolute Gasteiger partial charge is 0.491 e. The summed E-state index contributed by atoms with van der Waals surface area (Å²) < 4.78 is 11.2. The standard InChI is InChI=1S/C15H26N2O2/c1-15(2,17(3)4)12-18-9-10-19-14-7-5-13(11-16)6-8-14/h5-8H,9-12,16H2,1-4H3.